The zero-order valence-electron chi connectivity index (χ0n) is 9.31. The molecule has 1 aromatic heterocycles. The molecule has 0 saturated carbocycles. The second-order valence-corrected chi connectivity index (χ2v) is 4.52. The molecule has 0 aliphatic carbocycles. The molecule has 0 aliphatic heterocycles. The van der Waals surface area contributed by atoms with Crippen LogP contribution in [0.1, 0.15) is 30.1 Å². The van der Waals surface area contributed by atoms with E-state index in [-0.39, 0.29) is 18.4 Å². The summed E-state index contributed by atoms with van der Waals surface area (Å²) in [6.07, 6.45) is 3.52. The Kier molecular flexibility index (Phi) is 5.09. The Hall–Kier alpha value is -1.43. The molecule has 1 rings (SSSR count). The lowest BCUT2D eigenvalue weighted by atomic mass is 10.1. The molecule has 2 N–H and O–H groups in total. The van der Waals surface area contributed by atoms with E-state index in [2.05, 4.69) is 26.2 Å². The zero-order valence-corrected chi connectivity index (χ0v) is 10.9. The lowest BCUT2D eigenvalue weighted by molar-refractivity contribution is -0.137. The zero-order chi connectivity index (χ0) is 12.8. The van der Waals surface area contributed by atoms with Crippen molar-refractivity contribution in [2.75, 3.05) is 0 Å². The number of pyridine rings is 1. The van der Waals surface area contributed by atoms with Crippen molar-refractivity contribution in [1.29, 1.82) is 0 Å². The van der Waals surface area contributed by atoms with Crippen molar-refractivity contribution in [3.63, 3.8) is 0 Å². The second-order valence-electron chi connectivity index (χ2n) is 3.66. The number of halogens is 1. The van der Waals surface area contributed by atoms with Gasteiger partial charge in [-0.15, -0.1) is 0 Å². The first-order valence-corrected chi connectivity index (χ1v) is 5.92. The lowest BCUT2D eigenvalue weighted by Gasteiger charge is -2.13. The number of rotatable bonds is 5. The summed E-state index contributed by atoms with van der Waals surface area (Å²) in [6.45, 7) is 1.77. The van der Waals surface area contributed by atoms with E-state index in [0.717, 1.165) is 0 Å². The molecule has 0 aliphatic rings. The number of nitrogens with one attached hydrogen (secondary N) is 1. The summed E-state index contributed by atoms with van der Waals surface area (Å²) in [5.74, 6) is -1.10. The van der Waals surface area contributed by atoms with Crippen molar-refractivity contribution < 1.29 is 14.7 Å². The molecule has 6 heteroatoms. The van der Waals surface area contributed by atoms with Crippen LogP contribution in [0.5, 0.6) is 0 Å². The van der Waals surface area contributed by atoms with Gasteiger partial charge in [0.25, 0.3) is 5.91 Å². The third-order valence-corrected chi connectivity index (χ3v) is 2.82. The number of hydrogen-bond donors (Lipinski definition) is 2. The lowest BCUT2D eigenvalue weighted by Crippen LogP contribution is -2.33. The second kappa shape index (κ2) is 6.34. The Morgan fingerprint density at radius 2 is 2.29 bits per heavy atom. The van der Waals surface area contributed by atoms with E-state index in [4.69, 9.17) is 5.11 Å². The number of hydrogen-bond acceptors (Lipinski definition) is 3. The fourth-order valence-corrected chi connectivity index (χ4v) is 1.70. The van der Waals surface area contributed by atoms with Crippen LogP contribution in [0, 0.1) is 0 Å². The van der Waals surface area contributed by atoms with E-state index in [9.17, 15) is 9.59 Å². The minimum atomic E-state index is -0.865. The molecule has 1 atom stereocenters. The monoisotopic (exact) mass is 300 g/mol. The van der Waals surface area contributed by atoms with Gasteiger partial charge in [0, 0.05) is 29.3 Å². The topological polar surface area (TPSA) is 79.3 Å². The van der Waals surface area contributed by atoms with Crippen LogP contribution in [-0.4, -0.2) is 28.0 Å². The summed E-state index contributed by atoms with van der Waals surface area (Å²) in [5, 5.41) is 11.3. The van der Waals surface area contributed by atoms with E-state index >= 15 is 0 Å². The van der Waals surface area contributed by atoms with Crippen molar-refractivity contribution in [3.05, 3.63) is 28.5 Å². The Bertz CT molecular complexity index is 423. The van der Waals surface area contributed by atoms with Gasteiger partial charge in [-0.2, -0.15) is 0 Å². The number of aliphatic carboxylic acids is 1. The number of carboxylic acid groups (broad SMARTS) is 1. The number of carbonyl (C=O) groups excluding carboxylic acids is 1. The molecule has 0 bridgehead atoms. The van der Waals surface area contributed by atoms with E-state index in [1.54, 1.807) is 13.0 Å². The first-order valence-electron chi connectivity index (χ1n) is 5.13. The largest absolute Gasteiger partial charge is 0.481 e. The number of amides is 1. The van der Waals surface area contributed by atoms with E-state index in [0.29, 0.717) is 16.5 Å². The molecular formula is C11H13BrN2O3. The first-order chi connectivity index (χ1) is 8.00. The molecule has 5 nitrogen and oxygen atoms in total. The maximum absolute atomic E-state index is 11.8. The Balaban J connectivity index is 2.55. The molecule has 1 aromatic rings. The van der Waals surface area contributed by atoms with Gasteiger partial charge in [0.1, 0.15) is 0 Å². The van der Waals surface area contributed by atoms with Crippen LogP contribution in [0.4, 0.5) is 0 Å². The van der Waals surface area contributed by atoms with E-state index < -0.39 is 5.97 Å². The minimum absolute atomic E-state index is 0.0406. The molecule has 17 heavy (non-hydrogen) atoms. The Morgan fingerprint density at radius 3 is 2.88 bits per heavy atom. The minimum Gasteiger partial charge on any atom is -0.481 e. The number of nitrogens with zero attached hydrogens (tertiary/aromatic N) is 1. The van der Waals surface area contributed by atoms with Crippen molar-refractivity contribution in [1.82, 2.24) is 10.3 Å². The van der Waals surface area contributed by atoms with Gasteiger partial charge < -0.3 is 10.4 Å². The highest BCUT2D eigenvalue weighted by molar-refractivity contribution is 9.10. The molecule has 0 saturated heterocycles. The van der Waals surface area contributed by atoms with Crippen LogP contribution in [0.3, 0.4) is 0 Å². The highest BCUT2D eigenvalue weighted by atomic mass is 79.9. The maximum atomic E-state index is 11.8. The quantitative estimate of drug-likeness (QED) is 0.869. The molecule has 1 unspecified atom stereocenters. The predicted octanol–water partition coefficient (Wildman–Crippen LogP) is 1.83. The summed E-state index contributed by atoms with van der Waals surface area (Å²) >= 11 is 3.23. The van der Waals surface area contributed by atoms with Gasteiger partial charge in [-0.05, 0) is 35.3 Å². The van der Waals surface area contributed by atoms with Gasteiger partial charge in [0.2, 0.25) is 0 Å². The fourth-order valence-electron chi connectivity index (χ4n) is 1.27. The van der Waals surface area contributed by atoms with Crippen molar-refractivity contribution in [2.45, 2.75) is 25.8 Å². The van der Waals surface area contributed by atoms with Gasteiger partial charge in [0.05, 0.1) is 5.56 Å². The van der Waals surface area contributed by atoms with Gasteiger partial charge in [-0.1, -0.05) is 0 Å². The predicted molar refractivity (Wildman–Crippen MR) is 65.7 cm³/mol. The smallest absolute Gasteiger partial charge is 0.303 e. The van der Waals surface area contributed by atoms with Gasteiger partial charge in [-0.3, -0.25) is 14.6 Å². The summed E-state index contributed by atoms with van der Waals surface area (Å²) in [7, 11) is 0. The summed E-state index contributed by atoms with van der Waals surface area (Å²) in [6, 6.07) is 1.42. The molecular weight excluding hydrogens is 288 g/mol. The highest BCUT2D eigenvalue weighted by Gasteiger charge is 2.13. The SMILES string of the molecule is CC(CCC(=O)O)NC(=O)c1ccncc1Br. The first kappa shape index (κ1) is 13.6. The molecule has 0 spiro atoms. The van der Waals surface area contributed by atoms with Gasteiger partial charge in [-0.25, -0.2) is 0 Å². The van der Waals surface area contributed by atoms with E-state index in [1.807, 2.05) is 0 Å². The normalized spacial score (nSPS) is 11.9. The van der Waals surface area contributed by atoms with Gasteiger partial charge >= 0.3 is 5.97 Å². The van der Waals surface area contributed by atoms with Crippen LogP contribution in [0.15, 0.2) is 22.9 Å². The molecule has 0 radical (unpaired) electrons. The summed E-state index contributed by atoms with van der Waals surface area (Å²) < 4.78 is 0.614. The van der Waals surface area contributed by atoms with Crippen molar-refractivity contribution in [3.8, 4) is 0 Å². The van der Waals surface area contributed by atoms with Crippen LogP contribution >= 0.6 is 15.9 Å². The summed E-state index contributed by atoms with van der Waals surface area (Å²) in [4.78, 5) is 26.1. The molecule has 1 heterocycles. The molecule has 92 valence electrons. The van der Waals surface area contributed by atoms with Crippen molar-refractivity contribution >= 4 is 27.8 Å². The van der Waals surface area contributed by atoms with Crippen LogP contribution in [0.2, 0.25) is 0 Å². The number of aromatic nitrogens is 1. The van der Waals surface area contributed by atoms with Crippen LogP contribution in [0.25, 0.3) is 0 Å². The Morgan fingerprint density at radius 1 is 1.59 bits per heavy atom. The number of carboxylic acids is 1. The van der Waals surface area contributed by atoms with Crippen molar-refractivity contribution in [2.24, 2.45) is 0 Å². The average Bonchev–Trinajstić information content (AvgIpc) is 2.26. The highest BCUT2D eigenvalue weighted by Crippen LogP contribution is 2.14. The van der Waals surface area contributed by atoms with Gasteiger partial charge in [0.15, 0.2) is 0 Å². The molecule has 0 fully saturated rings. The standard InChI is InChI=1S/C11H13BrN2O3/c1-7(2-3-10(15)16)14-11(17)8-4-5-13-6-9(8)12/h4-7H,2-3H2,1H3,(H,14,17)(H,15,16). The molecule has 1 amide bonds. The third-order valence-electron chi connectivity index (χ3n) is 2.19. The fraction of sp³-hybridized carbons (Fsp3) is 0.364. The molecule has 0 aromatic carbocycles. The summed E-state index contributed by atoms with van der Waals surface area (Å²) in [5.41, 5.74) is 0.488. The van der Waals surface area contributed by atoms with Crippen LogP contribution < -0.4 is 5.32 Å². The third kappa shape index (κ3) is 4.52. The maximum Gasteiger partial charge on any atom is 0.303 e. The Labute approximate surface area is 107 Å². The number of carbonyl (C=O) groups is 2. The average molecular weight is 301 g/mol. The van der Waals surface area contributed by atoms with E-state index in [1.165, 1.54) is 12.4 Å². The van der Waals surface area contributed by atoms with Crippen LogP contribution in [-0.2, 0) is 4.79 Å².